The minimum absolute atomic E-state index is 0.0343. The monoisotopic (exact) mass is 362 g/mol. The molecule has 1 amide bonds. The van der Waals surface area contributed by atoms with Gasteiger partial charge in [-0.15, -0.1) is 10.2 Å². The third-order valence-corrected chi connectivity index (χ3v) is 4.40. The molecule has 0 spiro atoms. The van der Waals surface area contributed by atoms with Crippen molar-refractivity contribution in [3.05, 3.63) is 48.8 Å². The summed E-state index contributed by atoms with van der Waals surface area (Å²) in [5, 5.41) is 16.4. The Hall–Kier alpha value is -3.52. The molecule has 0 unspecified atom stereocenters. The molecule has 2 aromatic carbocycles. The second kappa shape index (κ2) is 7.00. The second-order valence-corrected chi connectivity index (χ2v) is 6.11. The highest BCUT2D eigenvalue weighted by Crippen LogP contribution is 2.31. The summed E-state index contributed by atoms with van der Waals surface area (Å²) in [6.07, 6.45) is 1.55. The number of rotatable bonds is 5. The Morgan fingerprint density at radius 1 is 1.19 bits per heavy atom. The lowest BCUT2D eigenvalue weighted by Gasteiger charge is -2.17. The smallest absolute Gasteiger partial charge is 0.252 e. The van der Waals surface area contributed by atoms with Gasteiger partial charge in [0.2, 0.25) is 0 Å². The van der Waals surface area contributed by atoms with Crippen LogP contribution in [0.1, 0.15) is 0 Å². The van der Waals surface area contributed by atoms with E-state index in [0.29, 0.717) is 5.82 Å². The lowest BCUT2D eigenvalue weighted by molar-refractivity contribution is -0.121. The van der Waals surface area contributed by atoms with Crippen molar-refractivity contribution in [2.24, 2.45) is 0 Å². The number of hydrogen-bond donors (Lipinski definition) is 2. The number of nitrogens with zero attached hydrogens (tertiary/aromatic N) is 4. The standard InChI is InChI=1S/C19H18N6O2/c1-25(17(26)10-27-2)14-5-3-4-12(8-14)18-15-9-13(19-20-11-21-24-19)6-7-16(15)22-23-18/h3-9,11H,10H2,1-2H3,(H,22,23)(H,20,21,24). The minimum Gasteiger partial charge on any atom is -0.375 e. The van der Waals surface area contributed by atoms with Crippen molar-refractivity contribution in [3.8, 4) is 22.6 Å². The molecule has 0 aliphatic heterocycles. The number of nitrogens with one attached hydrogen (secondary N) is 2. The molecule has 136 valence electrons. The average molecular weight is 362 g/mol. The molecule has 0 saturated heterocycles. The van der Waals surface area contributed by atoms with Crippen LogP contribution in [-0.2, 0) is 9.53 Å². The first-order chi connectivity index (χ1) is 13.2. The summed E-state index contributed by atoms with van der Waals surface area (Å²) in [6.45, 7) is 0.0343. The SMILES string of the molecule is COCC(=O)N(C)c1cccc(-c2n[nH]c3ccc(-c4nnc[nH]4)cc23)c1. The van der Waals surface area contributed by atoms with Gasteiger partial charge in [0.05, 0.1) is 11.2 Å². The van der Waals surface area contributed by atoms with Gasteiger partial charge in [-0.25, -0.2) is 0 Å². The average Bonchev–Trinajstić information content (AvgIpc) is 3.37. The van der Waals surface area contributed by atoms with Crippen LogP contribution in [0.4, 0.5) is 5.69 Å². The number of carbonyl (C=O) groups excluding carboxylic acids is 1. The zero-order valence-electron chi connectivity index (χ0n) is 14.9. The van der Waals surface area contributed by atoms with Crippen LogP contribution >= 0.6 is 0 Å². The van der Waals surface area contributed by atoms with Crippen LogP contribution in [0.3, 0.4) is 0 Å². The number of aromatic amines is 2. The first-order valence-corrected chi connectivity index (χ1v) is 8.38. The van der Waals surface area contributed by atoms with Gasteiger partial charge in [0.1, 0.15) is 12.9 Å². The molecular formula is C19H18N6O2. The molecule has 0 fully saturated rings. The third-order valence-electron chi connectivity index (χ3n) is 4.40. The highest BCUT2D eigenvalue weighted by atomic mass is 16.5. The lowest BCUT2D eigenvalue weighted by Crippen LogP contribution is -2.29. The van der Waals surface area contributed by atoms with Crippen molar-refractivity contribution >= 4 is 22.5 Å². The number of likely N-dealkylation sites (N-methyl/N-ethyl adjacent to an activating group) is 1. The van der Waals surface area contributed by atoms with Crippen LogP contribution in [-0.4, -0.2) is 52.1 Å². The summed E-state index contributed by atoms with van der Waals surface area (Å²) in [5.74, 6) is 0.580. The van der Waals surface area contributed by atoms with Crippen molar-refractivity contribution in [1.82, 2.24) is 25.4 Å². The normalized spacial score (nSPS) is 11.0. The van der Waals surface area contributed by atoms with Crippen LogP contribution in [0.5, 0.6) is 0 Å². The fourth-order valence-corrected chi connectivity index (χ4v) is 2.95. The molecule has 8 heteroatoms. The zero-order valence-corrected chi connectivity index (χ0v) is 14.9. The van der Waals surface area contributed by atoms with E-state index < -0.39 is 0 Å². The van der Waals surface area contributed by atoms with Gasteiger partial charge in [0.15, 0.2) is 5.82 Å². The summed E-state index contributed by atoms with van der Waals surface area (Å²) in [5.41, 5.74) is 4.33. The Bertz CT molecular complexity index is 1090. The van der Waals surface area contributed by atoms with E-state index in [0.717, 1.165) is 33.4 Å². The number of carbonyl (C=O) groups is 1. The van der Waals surface area contributed by atoms with Gasteiger partial charge in [0, 0.05) is 36.4 Å². The topological polar surface area (TPSA) is 99.8 Å². The molecular weight excluding hydrogens is 344 g/mol. The Morgan fingerprint density at radius 3 is 2.85 bits per heavy atom. The number of hydrogen-bond acceptors (Lipinski definition) is 5. The number of aromatic nitrogens is 5. The summed E-state index contributed by atoms with van der Waals surface area (Å²) in [7, 11) is 3.23. The van der Waals surface area contributed by atoms with Gasteiger partial charge in [-0.2, -0.15) is 5.10 Å². The fraction of sp³-hybridized carbons (Fsp3) is 0.158. The highest BCUT2D eigenvalue weighted by Gasteiger charge is 2.14. The quantitative estimate of drug-likeness (QED) is 0.568. The van der Waals surface area contributed by atoms with Crippen LogP contribution in [0.25, 0.3) is 33.5 Å². The number of fused-ring (bicyclic) bond motifs is 1. The number of methoxy groups -OCH3 is 1. The maximum atomic E-state index is 12.1. The summed E-state index contributed by atoms with van der Waals surface area (Å²) in [6, 6.07) is 13.6. The Labute approximate surface area is 155 Å². The van der Waals surface area contributed by atoms with Crippen molar-refractivity contribution in [2.75, 3.05) is 25.7 Å². The fourth-order valence-electron chi connectivity index (χ4n) is 2.95. The summed E-state index contributed by atoms with van der Waals surface area (Å²) < 4.78 is 4.93. The zero-order chi connectivity index (χ0) is 18.8. The maximum absolute atomic E-state index is 12.1. The third kappa shape index (κ3) is 3.18. The Morgan fingerprint density at radius 2 is 2.07 bits per heavy atom. The molecule has 0 bridgehead atoms. The van der Waals surface area contributed by atoms with E-state index in [1.165, 1.54) is 7.11 Å². The van der Waals surface area contributed by atoms with Gasteiger partial charge in [-0.3, -0.25) is 9.89 Å². The predicted octanol–water partition coefficient (Wildman–Crippen LogP) is 2.62. The Kier molecular flexibility index (Phi) is 4.39. The van der Waals surface area contributed by atoms with Crippen molar-refractivity contribution in [2.45, 2.75) is 0 Å². The van der Waals surface area contributed by atoms with Gasteiger partial charge >= 0.3 is 0 Å². The van der Waals surface area contributed by atoms with Crippen LogP contribution < -0.4 is 4.90 Å². The van der Waals surface area contributed by atoms with Crippen LogP contribution in [0.2, 0.25) is 0 Å². The van der Waals surface area contributed by atoms with Crippen molar-refractivity contribution in [1.29, 1.82) is 0 Å². The van der Waals surface area contributed by atoms with Crippen LogP contribution in [0.15, 0.2) is 48.8 Å². The van der Waals surface area contributed by atoms with Gasteiger partial charge in [-0.05, 0) is 30.3 Å². The number of amides is 1. The number of ether oxygens (including phenoxy) is 1. The second-order valence-electron chi connectivity index (χ2n) is 6.11. The highest BCUT2D eigenvalue weighted by molar-refractivity contribution is 5.97. The molecule has 8 nitrogen and oxygen atoms in total. The molecule has 27 heavy (non-hydrogen) atoms. The number of benzene rings is 2. The number of anilines is 1. The van der Waals surface area contributed by atoms with Gasteiger partial charge in [0.25, 0.3) is 5.91 Å². The molecule has 0 aliphatic carbocycles. The van der Waals surface area contributed by atoms with Crippen molar-refractivity contribution < 1.29 is 9.53 Å². The van der Waals surface area contributed by atoms with E-state index in [1.54, 1.807) is 18.3 Å². The van der Waals surface area contributed by atoms with E-state index >= 15 is 0 Å². The van der Waals surface area contributed by atoms with Crippen molar-refractivity contribution in [3.63, 3.8) is 0 Å². The molecule has 2 aromatic heterocycles. The van der Waals surface area contributed by atoms with E-state index in [4.69, 9.17) is 4.74 Å². The molecule has 0 atom stereocenters. The lowest BCUT2D eigenvalue weighted by atomic mass is 10.0. The van der Waals surface area contributed by atoms with Crippen LogP contribution in [0, 0.1) is 0 Å². The molecule has 2 heterocycles. The molecule has 4 rings (SSSR count). The van der Waals surface area contributed by atoms with Gasteiger partial charge in [-0.1, -0.05) is 12.1 Å². The first kappa shape index (κ1) is 16.9. The minimum atomic E-state index is -0.117. The van der Waals surface area contributed by atoms with E-state index in [1.807, 2.05) is 42.5 Å². The van der Waals surface area contributed by atoms with Gasteiger partial charge < -0.3 is 14.6 Å². The van der Waals surface area contributed by atoms with E-state index in [-0.39, 0.29) is 12.5 Å². The van der Waals surface area contributed by atoms with E-state index in [2.05, 4.69) is 25.4 Å². The predicted molar refractivity (Wildman–Crippen MR) is 102 cm³/mol. The first-order valence-electron chi connectivity index (χ1n) is 8.38. The van der Waals surface area contributed by atoms with E-state index in [9.17, 15) is 4.79 Å². The molecule has 2 N–H and O–H groups in total. The maximum Gasteiger partial charge on any atom is 0.252 e. The molecule has 4 aromatic rings. The number of H-pyrrole nitrogens is 2. The molecule has 0 saturated carbocycles. The molecule has 0 radical (unpaired) electrons. The summed E-state index contributed by atoms with van der Waals surface area (Å²) in [4.78, 5) is 16.7. The largest absolute Gasteiger partial charge is 0.375 e. The Balaban J connectivity index is 1.75. The molecule has 0 aliphatic rings. The summed E-state index contributed by atoms with van der Waals surface area (Å²) >= 11 is 0.